The minimum absolute atomic E-state index is 0.0439. The van der Waals surface area contributed by atoms with Crippen molar-refractivity contribution in [2.45, 2.75) is 20.4 Å². The van der Waals surface area contributed by atoms with Crippen molar-refractivity contribution in [2.75, 3.05) is 5.32 Å². The minimum Gasteiger partial charge on any atom is -0.363 e. The number of nitrogens with one attached hydrogen (secondary N) is 1. The molecule has 0 bridgehead atoms. The van der Waals surface area contributed by atoms with E-state index in [0.29, 0.717) is 23.6 Å². The Bertz CT molecular complexity index is 719. The molecule has 21 heavy (non-hydrogen) atoms. The van der Waals surface area contributed by atoms with Crippen molar-refractivity contribution in [2.24, 2.45) is 0 Å². The average molecular weight is 283 g/mol. The summed E-state index contributed by atoms with van der Waals surface area (Å²) < 4.78 is 0. The lowest BCUT2D eigenvalue weighted by Gasteiger charge is -2.09. The zero-order chi connectivity index (χ0) is 15.4. The normalized spacial score (nSPS) is 9.95. The molecule has 0 unspecified atom stereocenters. The lowest BCUT2D eigenvalue weighted by atomic mass is 10.1. The first kappa shape index (κ1) is 14.4. The van der Waals surface area contributed by atoms with Gasteiger partial charge in [-0.3, -0.25) is 10.1 Å². The van der Waals surface area contributed by atoms with E-state index in [9.17, 15) is 15.4 Å². The van der Waals surface area contributed by atoms with Crippen LogP contribution in [0.15, 0.2) is 24.3 Å². The van der Waals surface area contributed by atoms with Gasteiger partial charge in [0, 0.05) is 18.7 Å². The highest BCUT2D eigenvalue weighted by Crippen LogP contribution is 2.18. The average Bonchev–Trinajstić information content (AvgIpc) is 2.49. The molecule has 0 aliphatic carbocycles. The van der Waals surface area contributed by atoms with Gasteiger partial charge in [0.1, 0.15) is 11.6 Å². The first-order chi connectivity index (χ1) is 10.0. The van der Waals surface area contributed by atoms with Crippen LogP contribution in [-0.4, -0.2) is 15.1 Å². The number of benzene rings is 1. The van der Waals surface area contributed by atoms with Gasteiger partial charge in [0.2, 0.25) is 0 Å². The Balaban J connectivity index is 2.15. The molecule has 0 fully saturated rings. The number of rotatable bonds is 4. The first-order valence-electron chi connectivity index (χ1n) is 6.24. The number of anilines is 1. The lowest BCUT2D eigenvalue weighted by Crippen LogP contribution is -2.07. The van der Waals surface area contributed by atoms with Gasteiger partial charge in [-0.05, 0) is 25.0 Å². The molecule has 7 heteroatoms. The maximum atomic E-state index is 10.6. The molecular formula is C14H13N5O2. The molecule has 0 saturated carbocycles. The number of nitriles is 1. The molecule has 7 nitrogen and oxygen atoms in total. The molecule has 2 rings (SSSR count). The zero-order valence-electron chi connectivity index (χ0n) is 11.6. The SMILES string of the molecule is Cc1nnc(NCc2ccc([N+](=O)[O-])cc2)c(C#N)c1C. The fourth-order valence-electron chi connectivity index (χ4n) is 1.79. The second-order valence-corrected chi connectivity index (χ2v) is 4.52. The Morgan fingerprint density at radius 2 is 1.95 bits per heavy atom. The molecule has 0 aliphatic rings. The fraction of sp³-hybridized carbons (Fsp3) is 0.214. The summed E-state index contributed by atoms with van der Waals surface area (Å²) in [5, 5.41) is 30.8. The van der Waals surface area contributed by atoms with Crippen molar-refractivity contribution in [3.63, 3.8) is 0 Å². The van der Waals surface area contributed by atoms with Crippen LogP contribution in [0.2, 0.25) is 0 Å². The van der Waals surface area contributed by atoms with E-state index in [1.54, 1.807) is 19.1 Å². The van der Waals surface area contributed by atoms with Crippen molar-refractivity contribution in [3.05, 3.63) is 56.8 Å². The van der Waals surface area contributed by atoms with E-state index in [2.05, 4.69) is 21.6 Å². The third-order valence-corrected chi connectivity index (χ3v) is 3.17. The smallest absolute Gasteiger partial charge is 0.269 e. The van der Waals surface area contributed by atoms with Gasteiger partial charge in [0.15, 0.2) is 5.82 Å². The Labute approximate surface area is 121 Å². The highest BCUT2D eigenvalue weighted by atomic mass is 16.6. The second-order valence-electron chi connectivity index (χ2n) is 4.52. The maximum absolute atomic E-state index is 10.6. The Kier molecular flexibility index (Phi) is 4.09. The number of hydrogen-bond donors (Lipinski definition) is 1. The van der Waals surface area contributed by atoms with Crippen molar-refractivity contribution < 1.29 is 4.92 Å². The summed E-state index contributed by atoms with van der Waals surface area (Å²) >= 11 is 0. The summed E-state index contributed by atoms with van der Waals surface area (Å²) in [6.45, 7) is 4.02. The van der Waals surface area contributed by atoms with E-state index in [0.717, 1.165) is 11.1 Å². The summed E-state index contributed by atoms with van der Waals surface area (Å²) in [7, 11) is 0. The topological polar surface area (TPSA) is 105 Å². The van der Waals surface area contributed by atoms with Gasteiger partial charge in [0.25, 0.3) is 5.69 Å². The number of nitrogens with zero attached hydrogens (tertiary/aromatic N) is 4. The van der Waals surface area contributed by atoms with Gasteiger partial charge in [-0.2, -0.15) is 10.4 Å². The van der Waals surface area contributed by atoms with Crippen LogP contribution < -0.4 is 5.32 Å². The van der Waals surface area contributed by atoms with Gasteiger partial charge < -0.3 is 5.32 Å². The summed E-state index contributed by atoms with van der Waals surface area (Å²) in [6.07, 6.45) is 0. The van der Waals surface area contributed by atoms with Crippen LogP contribution >= 0.6 is 0 Å². The van der Waals surface area contributed by atoms with Crippen LogP contribution in [-0.2, 0) is 6.54 Å². The first-order valence-corrected chi connectivity index (χ1v) is 6.24. The van der Waals surface area contributed by atoms with E-state index in [1.165, 1.54) is 12.1 Å². The van der Waals surface area contributed by atoms with Gasteiger partial charge in [-0.1, -0.05) is 12.1 Å². The predicted molar refractivity (Wildman–Crippen MR) is 76.6 cm³/mol. The van der Waals surface area contributed by atoms with Gasteiger partial charge in [-0.15, -0.1) is 5.10 Å². The summed E-state index contributed by atoms with van der Waals surface area (Å²) in [5.74, 6) is 0.416. The van der Waals surface area contributed by atoms with Crippen LogP contribution in [0.3, 0.4) is 0 Å². The molecule has 1 heterocycles. The molecule has 0 radical (unpaired) electrons. The van der Waals surface area contributed by atoms with Crippen LogP contribution in [0.5, 0.6) is 0 Å². The van der Waals surface area contributed by atoms with Crippen molar-refractivity contribution in [3.8, 4) is 6.07 Å². The highest BCUT2D eigenvalue weighted by Gasteiger charge is 2.10. The molecule has 0 aliphatic heterocycles. The minimum atomic E-state index is -0.445. The van der Waals surface area contributed by atoms with E-state index < -0.39 is 4.92 Å². The van der Waals surface area contributed by atoms with Crippen molar-refractivity contribution in [1.82, 2.24) is 10.2 Å². The molecule has 0 atom stereocenters. The summed E-state index contributed by atoms with van der Waals surface area (Å²) in [5.41, 5.74) is 2.86. The highest BCUT2D eigenvalue weighted by molar-refractivity contribution is 5.56. The quantitative estimate of drug-likeness (QED) is 0.682. The maximum Gasteiger partial charge on any atom is 0.269 e. The second kappa shape index (κ2) is 5.96. The zero-order valence-corrected chi connectivity index (χ0v) is 11.6. The van der Waals surface area contributed by atoms with Gasteiger partial charge in [0.05, 0.1) is 10.6 Å². The third-order valence-electron chi connectivity index (χ3n) is 3.17. The molecule has 1 aromatic carbocycles. The van der Waals surface area contributed by atoms with E-state index in [1.807, 2.05) is 6.92 Å². The standard InChI is InChI=1S/C14H13N5O2/c1-9-10(2)17-18-14(13(9)7-15)16-8-11-3-5-12(6-4-11)19(20)21/h3-6H,8H2,1-2H3,(H,16,18). The Morgan fingerprint density at radius 3 is 2.52 bits per heavy atom. The molecule has 106 valence electrons. The number of non-ortho nitro benzene ring substituents is 1. The molecule has 0 spiro atoms. The number of nitro benzene ring substituents is 1. The van der Waals surface area contributed by atoms with E-state index in [4.69, 9.17) is 0 Å². The van der Waals surface area contributed by atoms with Crippen LogP contribution in [0.1, 0.15) is 22.4 Å². The van der Waals surface area contributed by atoms with Gasteiger partial charge >= 0.3 is 0 Å². The Morgan fingerprint density at radius 1 is 1.29 bits per heavy atom. The summed E-state index contributed by atoms with van der Waals surface area (Å²) in [6, 6.07) is 8.31. The number of aromatic nitrogens is 2. The third kappa shape index (κ3) is 3.12. The van der Waals surface area contributed by atoms with Crippen LogP contribution in [0.4, 0.5) is 11.5 Å². The number of hydrogen-bond acceptors (Lipinski definition) is 6. The van der Waals surface area contributed by atoms with Crippen LogP contribution in [0.25, 0.3) is 0 Å². The molecular weight excluding hydrogens is 270 g/mol. The summed E-state index contributed by atoms with van der Waals surface area (Å²) in [4.78, 5) is 10.1. The molecule has 1 aromatic heterocycles. The van der Waals surface area contributed by atoms with E-state index in [-0.39, 0.29) is 5.69 Å². The Hall–Kier alpha value is -3.01. The fourth-order valence-corrected chi connectivity index (χ4v) is 1.79. The van der Waals surface area contributed by atoms with Crippen molar-refractivity contribution in [1.29, 1.82) is 5.26 Å². The largest absolute Gasteiger partial charge is 0.363 e. The molecule has 1 N–H and O–H groups in total. The van der Waals surface area contributed by atoms with Crippen molar-refractivity contribution >= 4 is 11.5 Å². The van der Waals surface area contributed by atoms with Crippen LogP contribution in [0, 0.1) is 35.3 Å². The number of aryl methyl sites for hydroxylation is 1. The monoisotopic (exact) mass is 283 g/mol. The van der Waals surface area contributed by atoms with Gasteiger partial charge in [-0.25, -0.2) is 0 Å². The molecule has 0 amide bonds. The lowest BCUT2D eigenvalue weighted by molar-refractivity contribution is -0.384. The molecule has 2 aromatic rings. The van der Waals surface area contributed by atoms with E-state index >= 15 is 0 Å². The number of nitro groups is 1. The molecule has 0 saturated heterocycles. The predicted octanol–water partition coefficient (Wildman–Crippen LogP) is 2.49.